The number of anilines is 1. The summed E-state index contributed by atoms with van der Waals surface area (Å²) < 4.78 is 31.6. The van der Waals surface area contributed by atoms with E-state index in [-0.39, 0.29) is 0 Å². The third-order valence-electron chi connectivity index (χ3n) is 4.23. The maximum absolute atomic E-state index is 13.3. The molecule has 0 aliphatic carbocycles. The molecule has 0 radical (unpaired) electrons. The first-order valence-electron chi connectivity index (χ1n) is 8.48. The van der Waals surface area contributed by atoms with Crippen LogP contribution in [0.1, 0.15) is 11.1 Å². The number of rotatable bonds is 5. The van der Waals surface area contributed by atoms with Gasteiger partial charge >= 0.3 is 0 Å². The molecule has 1 fully saturated rings. The van der Waals surface area contributed by atoms with Crippen LogP contribution in [-0.2, 0) is 17.8 Å². The van der Waals surface area contributed by atoms with Gasteiger partial charge in [-0.25, -0.2) is 8.78 Å². The standard InChI is InChI=1S/C19H21F2N3OS/c20-17-6-5-16(11-18(17)21)23-19(26)22-12-14-3-1-2-4-15(14)13-24-7-9-25-10-8-24/h1-6,11H,7-10,12-13H2,(H2,22,23,26). The summed E-state index contributed by atoms with van der Waals surface area (Å²) in [5.41, 5.74) is 2.79. The van der Waals surface area contributed by atoms with Crippen LogP contribution in [0, 0.1) is 11.6 Å². The van der Waals surface area contributed by atoms with E-state index < -0.39 is 11.6 Å². The van der Waals surface area contributed by atoms with Crippen LogP contribution in [0.15, 0.2) is 42.5 Å². The quantitative estimate of drug-likeness (QED) is 0.782. The first-order valence-corrected chi connectivity index (χ1v) is 8.89. The Balaban J connectivity index is 1.56. The molecule has 3 rings (SSSR count). The molecule has 2 aromatic rings. The largest absolute Gasteiger partial charge is 0.379 e. The van der Waals surface area contributed by atoms with Crippen LogP contribution in [0.3, 0.4) is 0 Å². The van der Waals surface area contributed by atoms with Crippen molar-refractivity contribution in [2.75, 3.05) is 31.6 Å². The molecule has 0 unspecified atom stereocenters. The summed E-state index contributed by atoms with van der Waals surface area (Å²) in [6, 6.07) is 11.8. The normalized spacial score (nSPS) is 14.8. The molecule has 1 aliphatic heterocycles. The molecule has 0 bridgehead atoms. The zero-order valence-electron chi connectivity index (χ0n) is 14.3. The molecule has 26 heavy (non-hydrogen) atoms. The highest BCUT2D eigenvalue weighted by atomic mass is 32.1. The summed E-state index contributed by atoms with van der Waals surface area (Å²) in [7, 11) is 0. The number of nitrogens with one attached hydrogen (secondary N) is 2. The molecule has 1 saturated heterocycles. The van der Waals surface area contributed by atoms with Gasteiger partial charge < -0.3 is 15.4 Å². The van der Waals surface area contributed by atoms with E-state index in [0.717, 1.165) is 50.5 Å². The van der Waals surface area contributed by atoms with Crippen molar-refractivity contribution in [3.05, 3.63) is 65.2 Å². The molecule has 1 aliphatic rings. The molecule has 0 atom stereocenters. The Hall–Kier alpha value is -2.09. The predicted octanol–water partition coefficient (Wildman–Crippen LogP) is 3.28. The van der Waals surface area contributed by atoms with Crippen molar-refractivity contribution >= 4 is 23.0 Å². The Morgan fingerprint density at radius 3 is 2.50 bits per heavy atom. The molecule has 2 aromatic carbocycles. The Labute approximate surface area is 157 Å². The number of thiocarbonyl (C=S) groups is 1. The van der Waals surface area contributed by atoms with Gasteiger partial charge in [0.15, 0.2) is 16.7 Å². The van der Waals surface area contributed by atoms with Crippen LogP contribution in [0.2, 0.25) is 0 Å². The van der Waals surface area contributed by atoms with E-state index in [0.29, 0.717) is 17.3 Å². The highest BCUT2D eigenvalue weighted by Crippen LogP contribution is 2.14. The van der Waals surface area contributed by atoms with Gasteiger partial charge in [-0.2, -0.15) is 0 Å². The summed E-state index contributed by atoms with van der Waals surface area (Å²) in [5, 5.41) is 6.35. The number of hydrogen-bond acceptors (Lipinski definition) is 3. The van der Waals surface area contributed by atoms with Gasteiger partial charge in [-0.05, 0) is 35.5 Å². The molecule has 0 saturated carbocycles. The van der Waals surface area contributed by atoms with Gasteiger partial charge in [-0.3, -0.25) is 4.90 Å². The summed E-state index contributed by atoms with van der Waals surface area (Å²) in [6.07, 6.45) is 0. The van der Waals surface area contributed by atoms with Crippen LogP contribution in [0.4, 0.5) is 14.5 Å². The van der Waals surface area contributed by atoms with Crippen molar-refractivity contribution in [3.63, 3.8) is 0 Å². The maximum atomic E-state index is 13.3. The van der Waals surface area contributed by atoms with Crippen LogP contribution in [0.25, 0.3) is 0 Å². The summed E-state index contributed by atoms with van der Waals surface area (Å²) >= 11 is 5.25. The summed E-state index contributed by atoms with van der Waals surface area (Å²) in [4.78, 5) is 2.36. The molecule has 0 aromatic heterocycles. The average molecular weight is 377 g/mol. The third kappa shape index (κ3) is 5.20. The maximum Gasteiger partial charge on any atom is 0.171 e. The van der Waals surface area contributed by atoms with Gasteiger partial charge in [-0.1, -0.05) is 24.3 Å². The lowest BCUT2D eigenvalue weighted by atomic mass is 10.1. The van der Waals surface area contributed by atoms with Crippen LogP contribution in [0.5, 0.6) is 0 Å². The number of nitrogens with zero attached hydrogens (tertiary/aromatic N) is 1. The zero-order chi connectivity index (χ0) is 18.4. The van der Waals surface area contributed by atoms with Crippen molar-refractivity contribution in [1.29, 1.82) is 0 Å². The molecular weight excluding hydrogens is 356 g/mol. The van der Waals surface area contributed by atoms with E-state index in [1.165, 1.54) is 11.6 Å². The SMILES string of the molecule is Fc1ccc(NC(=S)NCc2ccccc2CN2CCOCC2)cc1F. The Morgan fingerprint density at radius 1 is 1.04 bits per heavy atom. The number of hydrogen-bond donors (Lipinski definition) is 2. The second kappa shape index (κ2) is 9.02. The monoisotopic (exact) mass is 377 g/mol. The Bertz CT molecular complexity index is 766. The van der Waals surface area contributed by atoms with Crippen molar-refractivity contribution in [2.24, 2.45) is 0 Å². The smallest absolute Gasteiger partial charge is 0.171 e. The highest BCUT2D eigenvalue weighted by Gasteiger charge is 2.12. The van der Waals surface area contributed by atoms with Crippen molar-refractivity contribution in [1.82, 2.24) is 10.2 Å². The van der Waals surface area contributed by atoms with Crippen molar-refractivity contribution in [3.8, 4) is 0 Å². The van der Waals surface area contributed by atoms with E-state index in [2.05, 4.69) is 27.7 Å². The highest BCUT2D eigenvalue weighted by molar-refractivity contribution is 7.80. The lowest BCUT2D eigenvalue weighted by Crippen LogP contribution is -2.36. The minimum Gasteiger partial charge on any atom is -0.379 e. The fourth-order valence-corrected chi connectivity index (χ4v) is 3.00. The van der Waals surface area contributed by atoms with E-state index >= 15 is 0 Å². The number of morpholine rings is 1. The lowest BCUT2D eigenvalue weighted by Gasteiger charge is -2.27. The number of ether oxygens (including phenoxy) is 1. The molecule has 0 spiro atoms. The number of benzene rings is 2. The van der Waals surface area contributed by atoms with E-state index in [9.17, 15) is 8.78 Å². The van der Waals surface area contributed by atoms with Gasteiger partial charge in [-0.15, -0.1) is 0 Å². The first-order chi connectivity index (χ1) is 12.6. The van der Waals surface area contributed by atoms with Crippen LogP contribution >= 0.6 is 12.2 Å². The number of halogens is 2. The molecule has 4 nitrogen and oxygen atoms in total. The van der Waals surface area contributed by atoms with Gasteiger partial charge in [0.2, 0.25) is 0 Å². The van der Waals surface area contributed by atoms with E-state index in [1.54, 1.807) is 0 Å². The van der Waals surface area contributed by atoms with Crippen molar-refractivity contribution in [2.45, 2.75) is 13.1 Å². The molecule has 1 heterocycles. The van der Waals surface area contributed by atoms with Gasteiger partial charge in [0.1, 0.15) is 0 Å². The van der Waals surface area contributed by atoms with Gasteiger partial charge in [0, 0.05) is 37.9 Å². The van der Waals surface area contributed by atoms with Gasteiger partial charge in [0.05, 0.1) is 13.2 Å². The second-order valence-corrected chi connectivity index (χ2v) is 6.50. The average Bonchev–Trinajstić information content (AvgIpc) is 2.65. The topological polar surface area (TPSA) is 36.5 Å². The summed E-state index contributed by atoms with van der Waals surface area (Å²) in [5.74, 6) is -1.79. The van der Waals surface area contributed by atoms with Gasteiger partial charge in [0.25, 0.3) is 0 Å². The molecule has 138 valence electrons. The molecule has 0 amide bonds. The third-order valence-corrected chi connectivity index (χ3v) is 4.48. The predicted molar refractivity (Wildman–Crippen MR) is 102 cm³/mol. The van der Waals surface area contributed by atoms with Crippen LogP contribution < -0.4 is 10.6 Å². The van der Waals surface area contributed by atoms with E-state index in [1.807, 2.05) is 12.1 Å². The second-order valence-electron chi connectivity index (χ2n) is 6.09. The lowest BCUT2D eigenvalue weighted by molar-refractivity contribution is 0.0341. The molecule has 2 N–H and O–H groups in total. The first kappa shape index (κ1) is 18.7. The summed E-state index contributed by atoms with van der Waals surface area (Å²) in [6.45, 7) is 4.81. The molecule has 7 heteroatoms. The van der Waals surface area contributed by atoms with E-state index in [4.69, 9.17) is 17.0 Å². The minimum absolute atomic E-state index is 0.359. The zero-order valence-corrected chi connectivity index (χ0v) is 15.1. The Morgan fingerprint density at radius 2 is 1.77 bits per heavy atom. The fraction of sp³-hybridized carbons (Fsp3) is 0.316. The Kier molecular flexibility index (Phi) is 6.49. The molecular formula is C19H21F2N3OS. The fourth-order valence-electron chi connectivity index (χ4n) is 2.81. The minimum atomic E-state index is -0.909. The van der Waals surface area contributed by atoms with Crippen molar-refractivity contribution < 1.29 is 13.5 Å². The van der Waals surface area contributed by atoms with Crippen LogP contribution in [-0.4, -0.2) is 36.3 Å².